The van der Waals surface area contributed by atoms with E-state index in [1.807, 2.05) is 7.05 Å². The number of rotatable bonds is 11. The Morgan fingerprint density at radius 2 is 1.67 bits per heavy atom. The third kappa shape index (κ3) is 11.8. The van der Waals surface area contributed by atoms with Crippen LogP contribution in [0.25, 0.3) is 0 Å². The highest BCUT2D eigenvalue weighted by Gasteiger charge is 1.97. The first-order chi connectivity index (χ1) is 7.31. The zero-order valence-corrected chi connectivity index (χ0v) is 10.3. The molecule has 1 unspecified atom stereocenters. The van der Waals surface area contributed by atoms with Crippen LogP contribution in [0, 0.1) is 0 Å². The fourth-order valence-electron chi connectivity index (χ4n) is 1.01. The fourth-order valence-corrected chi connectivity index (χ4v) is 1.01. The highest BCUT2D eigenvalue weighted by atomic mass is 16.5. The van der Waals surface area contributed by atoms with Gasteiger partial charge >= 0.3 is 0 Å². The Kier molecular flexibility index (Phi) is 11.8. The minimum Gasteiger partial charge on any atom is -0.382 e. The van der Waals surface area contributed by atoms with Crippen LogP contribution in [-0.2, 0) is 14.2 Å². The lowest BCUT2D eigenvalue weighted by atomic mass is 10.2. The smallest absolute Gasteiger partial charge is 0.0700 e. The normalized spacial score (nSPS) is 13.0. The van der Waals surface area contributed by atoms with Crippen molar-refractivity contribution in [1.82, 2.24) is 5.32 Å². The van der Waals surface area contributed by atoms with E-state index < -0.39 is 0 Å². The zero-order valence-electron chi connectivity index (χ0n) is 10.3. The molecule has 0 radical (unpaired) electrons. The van der Waals surface area contributed by atoms with Gasteiger partial charge in [0.25, 0.3) is 0 Å². The molecule has 1 N–H and O–H groups in total. The largest absolute Gasteiger partial charge is 0.382 e. The summed E-state index contributed by atoms with van der Waals surface area (Å²) in [7, 11) is 3.64. The molecule has 0 aliphatic heterocycles. The SMILES string of the molecule is CNC(C)CCOCCCOCCOC. The second kappa shape index (κ2) is 11.9. The molecule has 0 saturated carbocycles. The van der Waals surface area contributed by atoms with Gasteiger partial charge in [-0.1, -0.05) is 0 Å². The van der Waals surface area contributed by atoms with E-state index in [-0.39, 0.29) is 0 Å². The summed E-state index contributed by atoms with van der Waals surface area (Å²) in [6, 6.07) is 0.531. The van der Waals surface area contributed by atoms with Gasteiger partial charge in [0.2, 0.25) is 0 Å². The van der Waals surface area contributed by atoms with Gasteiger partial charge in [0.05, 0.1) is 13.2 Å². The van der Waals surface area contributed by atoms with Gasteiger partial charge in [-0.15, -0.1) is 0 Å². The fraction of sp³-hybridized carbons (Fsp3) is 1.00. The van der Waals surface area contributed by atoms with Crippen LogP contribution in [-0.4, -0.2) is 53.2 Å². The van der Waals surface area contributed by atoms with Crippen molar-refractivity contribution in [2.75, 3.05) is 47.2 Å². The molecule has 0 bridgehead atoms. The molecule has 0 fully saturated rings. The van der Waals surface area contributed by atoms with Crippen molar-refractivity contribution in [2.24, 2.45) is 0 Å². The predicted octanol–water partition coefficient (Wildman–Crippen LogP) is 1.05. The molecule has 4 heteroatoms. The second-order valence-corrected chi connectivity index (χ2v) is 3.55. The average Bonchev–Trinajstić information content (AvgIpc) is 2.26. The van der Waals surface area contributed by atoms with Crippen LogP contribution >= 0.6 is 0 Å². The highest BCUT2D eigenvalue weighted by molar-refractivity contribution is 4.54. The highest BCUT2D eigenvalue weighted by Crippen LogP contribution is 1.92. The molecule has 4 nitrogen and oxygen atoms in total. The summed E-state index contributed by atoms with van der Waals surface area (Å²) in [5.41, 5.74) is 0. The Labute approximate surface area is 93.3 Å². The van der Waals surface area contributed by atoms with Crippen molar-refractivity contribution in [2.45, 2.75) is 25.8 Å². The summed E-state index contributed by atoms with van der Waals surface area (Å²) < 4.78 is 15.6. The summed E-state index contributed by atoms with van der Waals surface area (Å²) >= 11 is 0. The van der Waals surface area contributed by atoms with Crippen LogP contribution < -0.4 is 5.32 Å². The maximum absolute atomic E-state index is 5.46. The minimum atomic E-state index is 0.531. The molecule has 0 aromatic heterocycles. The third-order valence-corrected chi connectivity index (χ3v) is 2.20. The van der Waals surface area contributed by atoms with Crippen molar-refractivity contribution >= 4 is 0 Å². The topological polar surface area (TPSA) is 39.7 Å². The molecule has 0 heterocycles. The quantitative estimate of drug-likeness (QED) is 0.527. The first-order valence-corrected chi connectivity index (χ1v) is 5.63. The Balaban J connectivity index is 2.92. The van der Waals surface area contributed by atoms with Crippen molar-refractivity contribution in [1.29, 1.82) is 0 Å². The number of methoxy groups -OCH3 is 1. The van der Waals surface area contributed by atoms with Gasteiger partial charge in [0, 0.05) is 33.0 Å². The summed E-state index contributed by atoms with van der Waals surface area (Å²) in [5.74, 6) is 0. The Morgan fingerprint density at radius 3 is 2.27 bits per heavy atom. The van der Waals surface area contributed by atoms with Crippen LogP contribution in [0.2, 0.25) is 0 Å². The lowest BCUT2D eigenvalue weighted by Gasteiger charge is -2.10. The van der Waals surface area contributed by atoms with E-state index in [1.54, 1.807) is 7.11 Å². The van der Waals surface area contributed by atoms with Crippen LogP contribution in [0.15, 0.2) is 0 Å². The van der Waals surface area contributed by atoms with E-state index in [4.69, 9.17) is 14.2 Å². The van der Waals surface area contributed by atoms with Gasteiger partial charge < -0.3 is 19.5 Å². The third-order valence-electron chi connectivity index (χ3n) is 2.20. The zero-order chi connectivity index (χ0) is 11.4. The molecule has 15 heavy (non-hydrogen) atoms. The van der Waals surface area contributed by atoms with E-state index in [0.717, 1.165) is 32.7 Å². The molecular formula is C11H25NO3. The van der Waals surface area contributed by atoms with Crippen molar-refractivity contribution in [3.63, 3.8) is 0 Å². The van der Waals surface area contributed by atoms with Crippen LogP contribution in [0.1, 0.15) is 19.8 Å². The van der Waals surface area contributed by atoms with Gasteiger partial charge in [-0.05, 0) is 26.8 Å². The maximum Gasteiger partial charge on any atom is 0.0700 e. The van der Waals surface area contributed by atoms with E-state index in [0.29, 0.717) is 19.3 Å². The van der Waals surface area contributed by atoms with Crippen molar-refractivity contribution in [3.8, 4) is 0 Å². The molecule has 92 valence electrons. The van der Waals surface area contributed by atoms with E-state index in [2.05, 4.69) is 12.2 Å². The lowest BCUT2D eigenvalue weighted by Crippen LogP contribution is -2.22. The molecule has 1 atom stereocenters. The van der Waals surface area contributed by atoms with Gasteiger partial charge in [-0.2, -0.15) is 0 Å². The molecule has 0 saturated heterocycles. The summed E-state index contributed by atoms with van der Waals surface area (Å²) in [6.07, 6.45) is 2.01. The Bertz CT molecular complexity index is 122. The summed E-state index contributed by atoms with van der Waals surface area (Å²) in [6.45, 7) is 5.85. The number of hydrogen-bond acceptors (Lipinski definition) is 4. The molecule has 0 spiro atoms. The summed E-state index contributed by atoms with van der Waals surface area (Å²) in [4.78, 5) is 0. The standard InChI is InChI=1S/C11H25NO3/c1-11(12-2)5-8-14-6-4-7-15-10-9-13-3/h11-12H,4-10H2,1-3H3. The van der Waals surface area contributed by atoms with Gasteiger partial charge in [0.15, 0.2) is 0 Å². The molecule has 0 rings (SSSR count). The molecule has 0 amide bonds. The van der Waals surface area contributed by atoms with E-state index in [9.17, 15) is 0 Å². The second-order valence-electron chi connectivity index (χ2n) is 3.55. The van der Waals surface area contributed by atoms with Crippen molar-refractivity contribution < 1.29 is 14.2 Å². The summed E-state index contributed by atoms with van der Waals surface area (Å²) in [5, 5.41) is 3.17. The Morgan fingerprint density at radius 1 is 1.00 bits per heavy atom. The predicted molar refractivity (Wildman–Crippen MR) is 61.3 cm³/mol. The van der Waals surface area contributed by atoms with Crippen LogP contribution in [0.3, 0.4) is 0 Å². The minimum absolute atomic E-state index is 0.531. The number of nitrogens with one attached hydrogen (secondary N) is 1. The average molecular weight is 219 g/mol. The molecular weight excluding hydrogens is 194 g/mol. The molecule has 0 aromatic rings. The first kappa shape index (κ1) is 14.8. The van der Waals surface area contributed by atoms with E-state index >= 15 is 0 Å². The number of hydrogen-bond donors (Lipinski definition) is 1. The first-order valence-electron chi connectivity index (χ1n) is 5.63. The van der Waals surface area contributed by atoms with Gasteiger partial charge in [-0.25, -0.2) is 0 Å². The van der Waals surface area contributed by atoms with Crippen molar-refractivity contribution in [3.05, 3.63) is 0 Å². The van der Waals surface area contributed by atoms with Crippen LogP contribution in [0.4, 0.5) is 0 Å². The molecule has 0 aromatic carbocycles. The lowest BCUT2D eigenvalue weighted by molar-refractivity contribution is 0.0503. The van der Waals surface area contributed by atoms with Crippen LogP contribution in [0.5, 0.6) is 0 Å². The maximum atomic E-state index is 5.46. The molecule has 0 aliphatic carbocycles. The monoisotopic (exact) mass is 219 g/mol. The van der Waals surface area contributed by atoms with Gasteiger partial charge in [0.1, 0.15) is 0 Å². The Hall–Kier alpha value is -0.160. The van der Waals surface area contributed by atoms with Gasteiger partial charge in [-0.3, -0.25) is 0 Å². The number of ether oxygens (including phenoxy) is 3. The molecule has 0 aliphatic rings. The van der Waals surface area contributed by atoms with E-state index in [1.165, 1.54) is 0 Å².